The summed E-state index contributed by atoms with van der Waals surface area (Å²) in [6, 6.07) is 20.5. The topological polar surface area (TPSA) is 97.5 Å². The summed E-state index contributed by atoms with van der Waals surface area (Å²) >= 11 is 9.55. The molecule has 4 aromatic rings. The number of nitrogens with one attached hydrogen (secondary N) is 1. The number of nitro benzene ring substituents is 1. The second-order valence-corrected chi connectivity index (χ2v) is 8.09. The molecule has 0 saturated carbocycles. The van der Waals surface area contributed by atoms with Crippen LogP contribution in [0, 0.1) is 10.1 Å². The first kappa shape index (κ1) is 21.6. The van der Waals surface area contributed by atoms with Crippen LogP contribution in [0.25, 0.3) is 22.2 Å². The largest absolute Gasteiger partial charge is 0.278 e. The quantitative estimate of drug-likeness (QED) is 0.203. The predicted octanol–water partition coefficient (Wildman–Crippen LogP) is 5.99. The summed E-state index contributed by atoms with van der Waals surface area (Å²) in [6.45, 7) is 0. The molecule has 0 aliphatic carbocycles. The minimum atomic E-state index is -0.508. The van der Waals surface area contributed by atoms with E-state index in [-0.39, 0.29) is 11.3 Å². The number of carbonyl (C=O) groups excluding carboxylic acids is 1. The summed E-state index contributed by atoms with van der Waals surface area (Å²) in [5, 5.41) is 16.1. The lowest BCUT2D eigenvalue weighted by Gasteiger charge is -2.09. The molecule has 7 nitrogen and oxygen atoms in total. The monoisotopic (exact) mass is 508 g/mol. The second kappa shape index (κ2) is 9.25. The maximum Gasteiger partial charge on any atom is 0.278 e. The molecule has 0 radical (unpaired) electrons. The lowest BCUT2D eigenvalue weighted by Crippen LogP contribution is -2.18. The van der Waals surface area contributed by atoms with E-state index in [1.807, 2.05) is 24.3 Å². The minimum Gasteiger partial charge on any atom is -0.267 e. The van der Waals surface area contributed by atoms with Crippen molar-refractivity contribution >= 4 is 56.2 Å². The van der Waals surface area contributed by atoms with Crippen LogP contribution >= 0.6 is 27.5 Å². The predicted molar refractivity (Wildman–Crippen MR) is 128 cm³/mol. The van der Waals surface area contributed by atoms with Crippen LogP contribution in [0.4, 0.5) is 5.69 Å². The van der Waals surface area contributed by atoms with E-state index in [1.165, 1.54) is 12.3 Å². The summed E-state index contributed by atoms with van der Waals surface area (Å²) in [5.74, 6) is -0.493. The van der Waals surface area contributed by atoms with Crippen LogP contribution in [0.15, 0.2) is 82.4 Å². The van der Waals surface area contributed by atoms with Crippen molar-refractivity contribution in [3.05, 3.63) is 104 Å². The van der Waals surface area contributed by atoms with E-state index in [4.69, 9.17) is 11.6 Å². The van der Waals surface area contributed by atoms with Gasteiger partial charge in [0.05, 0.1) is 33.5 Å². The van der Waals surface area contributed by atoms with Gasteiger partial charge in [-0.2, -0.15) is 5.10 Å². The van der Waals surface area contributed by atoms with Crippen molar-refractivity contribution in [2.45, 2.75) is 0 Å². The van der Waals surface area contributed by atoms with Crippen LogP contribution in [0.3, 0.4) is 0 Å². The summed E-state index contributed by atoms with van der Waals surface area (Å²) < 4.78 is 0.927. The van der Waals surface area contributed by atoms with Crippen LogP contribution in [0.2, 0.25) is 5.02 Å². The van der Waals surface area contributed by atoms with Gasteiger partial charge in [0.1, 0.15) is 0 Å². The number of fused-ring (bicyclic) bond motifs is 1. The molecule has 0 aliphatic rings. The zero-order chi connectivity index (χ0) is 22.7. The Labute approximate surface area is 196 Å². The third-order valence-electron chi connectivity index (χ3n) is 4.66. The average molecular weight is 510 g/mol. The van der Waals surface area contributed by atoms with E-state index >= 15 is 0 Å². The molecule has 4 rings (SSSR count). The minimum absolute atomic E-state index is 0.107. The molecule has 1 heterocycles. The summed E-state index contributed by atoms with van der Waals surface area (Å²) in [4.78, 5) is 28.3. The number of rotatable bonds is 5. The van der Waals surface area contributed by atoms with E-state index in [9.17, 15) is 14.9 Å². The fraction of sp³-hybridized carbons (Fsp3) is 0. The highest BCUT2D eigenvalue weighted by atomic mass is 79.9. The number of benzene rings is 3. The Bertz CT molecular complexity index is 1370. The van der Waals surface area contributed by atoms with Crippen molar-refractivity contribution < 1.29 is 9.72 Å². The summed E-state index contributed by atoms with van der Waals surface area (Å²) in [7, 11) is 0. The van der Waals surface area contributed by atoms with Crippen LogP contribution < -0.4 is 5.43 Å². The van der Waals surface area contributed by atoms with Crippen molar-refractivity contribution in [3.63, 3.8) is 0 Å². The van der Waals surface area contributed by atoms with Crippen LogP contribution in [-0.4, -0.2) is 22.0 Å². The number of hydrazone groups is 1. The highest BCUT2D eigenvalue weighted by molar-refractivity contribution is 9.10. The molecule has 0 bridgehead atoms. The molecule has 0 saturated heterocycles. The molecule has 0 atom stereocenters. The summed E-state index contributed by atoms with van der Waals surface area (Å²) in [6.07, 6.45) is 1.24. The van der Waals surface area contributed by atoms with Gasteiger partial charge < -0.3 is 0 Å². The van der Waals surface area contributed by atoms with Crippen molar-refractivity contribution in [2.75, 3.05) is 0 Å². The molecule has 0 spiro atoms. The third-order valence-corrected chi connectivity index (χ3v) is 5.42. The maximum absolute atomic E-state index is 13.0. The number of para-hydroxylation sites is 1. The van der Waals surface area contributed by atoms with Gasteiger partial charge in [-0.15, -0.1) is 0 Å². The number of nitro groups is 1. The zero-order valence-corrected chi connectivity index (χ0v) is 18.7. The molecule has 32 heavy (non-hydrogen) atoms. The first-order valence-corrected chi connectivity index (χ1v) is 10.5. The second-order valence-electron chi connectivity index (χ2n) is 6.74. The maximum atomic E-state index is 13.0. The molecule has 158 valence electrons. The Balaban J connectivity index is 1.71. The third kappa shape index (κ3) is 4.66. The number of amides is 1. The van der Waals surface area contributed by atoms with Crippen LogP contribution in [0.1, 0.15) is 15.9 Å². The number of hydrogen-bond acceptors (Lipinski definition) is 5. The Hall–Kier alpha value is -3.62. The number of nitrogens with zero attached hydrogens (tertiary/aromatic N) is 3. The average Bonchev–Trinajstić information content (AvgIpc) is 2.79. The molecular formula is C23H14BrClN4O3. The Morgan fingerprint density at radius 1 is 1.09 bits per heavy atom. The molecule has 0 unspecified atom stereocenters. The molecule has 1 amide bonds. The molecule has 1 N–H and O–H groups in total. The lowest BCUT2D eigenvalue weighted by molar-refractivity contribution is -0.385. The van der Waals surface area contributed by atoms with Gasteiger partial charge in [-0.05, 0) is 42.5 Å². The van der Waals surface area contributed by atoms with Crippen LogP contribution in [-0.2, 0) is 0 Å². The lowest BCUT2D eigenvalue weighted by atomic mass is 10.0. The normalized spacial score (nSPS) is 11.1. The smallest absolute Gasteiger partial charge is 0.267 e. The van der Waals surface area contributed by atoms with Crippen molar-refractivity contribution in [1.82, 2.24) is 10.4 Å². The first-order valence-electron chi connectivity index (χ1n) is 9.35. The number of halogens is 2. The molecule has 0 aliphatic heterocycles. The Kier molecular flexibility index (Phi) is 6.25. The molecule has 3 aromatic carbocycles. The van der Waals surface area contributed by atoms with Crippen molar-refractivity contribution in [3.8, 4) is 11.3 Å². The van der Waals surface area contributed by atoms with Gasteiger partial charge in [0.15, 0.2) is 0 Å². The van der Waals surface area contributed by atoms with E-state index < -0.39 is 10.8 Å². The van der Waals surface area contributed by atoms with Gasteiger partial charge in [0.25, 0.3) is 11.6 Å². The fourth-order valence-electron chi connectivity index (χ4n) is 3.14. The van der Waals surface area contributed by atoms with Gasteiger partial charge in [0.2, 0.25) is 0 Å². The number of hydrogen-bond donors (Lipinski definition) is 1. The Morgan fingerprint density at radius 2 is 1.84 bits per heavy atom. The fourth-order valence-corrected chi connectivity index (χ4v) is 3.57. The Morgan fingerprint density at radius 3 is 2.59 bits per heavy atom. The van der Waals surface area contributed by atoms with Gasteiger partial charge in [-0.3, -0.25) is 14.9 Å². The zero-order valence-electron chi connectivity index (χ0n) is 16.3. The standard InChI is InChI=1S/C23H14BrClN4O3/c24-16-7-5-14(6-8-16)21-12-19(18-11-17(25)9-10-20(18)27-21)23(30)28-26-13-15-3-1-2-4-22(15)29(31)32/h1-13H,(H,28,30)/b26-13+. The number of carbonyl (C=O) groups is 1. The molecule has 1 aromatic heterocycles. The van der Waals surface area contributed by atoms with Gasteiger partial charge in [-0.25, -0.2) is 10.4 Å². The van der Waals surface area contributed by atoms with E-state index in [2.05, 4.69) is 31.4 Å². The van der Waals surface area contributed by atoms with Crippen molar-refractivity contribution in [2.24, 2.45) is 5.10 Å². The first-order chi connectivity index (χ1) is 15.4. The van der Waals surface area contributed by atoms with E-state index in [0.717, 1.165) is 10.0 Å². The van der Waals surface area contributed by atoms with Crippen LogP contribution in [0.5, 0.6) is 0 Å². The van der Waals surface area contributed by atoms with E-state index in [1.54, 1.807) is 42.5 Å². The molecule has 9 heteroatoms. The molecule has 0 fully saturated rings. The van der Waals surface area contributed by atoms with Gasteiger partial charge in [0, 0.05) is 26.5 Å². The van der Waals surface area contributed by atoms with Gasteiger partial charge >= 0.3 is 0 Å². The number of aromatic nitrogens is 1. The van der Waals surface area contributed by atoms with Crippen molar-refractivity contribution in [1.29, 1.82) is 0 Å². The van der Waals surface area contributed by atoms with E-state index in [0.29, 0.717) is 27.2 Å². The summed E-state index contributed by atoms with van der Waals surface area (Å²) in [5.41, 5.74) is 4.98. The highest BCUT2D eigenvalue weighted by Gasteiger charge is 2.15. The number of pyridine rings is 1. The highest BCUT2D eigenvalue weighted by Crippen LogP contribution is 2.28. The SMILES string of the molecule is O=C(N/N=C/c1ccccc1[N+](=O)[O-])c1cc(-c2ccc(Br)cc2)nc2ccc(Cl)cc12. The molecular weight excluding hydrogens is 496 g/mol. The van der Waals surface area contributed by atoms with Gasteiger partial charge in [-0.1, -0.05) is 51.8 Å².